The topological polar surface area (TPSA) is 88.5 Å². The van der Waals surface area contributed by atoms with Crippen molar-refractivity contribution in [2.75, 3.05) is 5.32 Å². The van der Waals surface area contributed by atoms with Crippen molar-refractivity contribution < 1.29 is 4.79 Å². The molecule has 0 saturated carbocycles. The van der Waals surface area contributed by atoms with Crippen LogP contribution in [0.3, 0.4) is 0 Å². The van der Waals surface area contributed by atoms with Gasteiger partial charge >= 0.3 is 0 Å². The summed E-state index contributed by atoms with van der Waals surface area (Å²) in [6.07, 6.45) is 4.90. The van der Waals surface area contributed by atoms with Crippen LogP contribution in [0.1, 0.15) is 21.6 Å². The molecule has 0 unspecified atom stereocenters. The van der Waals surface area contributed by atoms with Gasteiger partial charge in [-0.05, 0) is 31.5 Å². The Morgan fingerprint density at radius 3 is 2.84 bits per heavy atom. The Hall–Kier alpha value is -3.48. The maximum absolute atomic E-state index is 12.7. The Kier molecular flexibility index (Phi) is 3.53. The van der Waals surface area contributed by atoms with E-state index in [4.69, 9.17) is 0 Å². The molecule has 0 spiro atoms. The number of pyridine rings is 1. The van der Waals surface area contributed by atoms with Gasteiger partial charge in [0.05, 0.1) is 34.9 Å². The molecule has 0 aliphatic heterocycles. The third kappa shape index (κ3) is 2.55. The van der Waals surface area contributed by atoms with Crippen molar-refractivity contribution in [1.29, 1.82) is 0 Å². The fraction of sp³-hybridized carbons (Fsp3) is 0.111. The number of fused-ring (bicyclic) bond motifs is 1. The maximum atomic E-state index is 12.7. The van der Waals surface area contributed by atoms with Gasteiger partial charge in [-0.15, -0.1) is 0 Å². The summed E-state index contributed by atoms with van der Waals surface area (Å²) < 4.78 is 1.77. The molecule has 7 heteroatoms. The summed E-state index contributed by atoms with van der Waals surface area (Å²) in [5.41, 5.74) is 4.09. The minimum absolute atomic E-state index is 0.248. The lowest BCUT2D eigenvalue weighted by Gasteiger charge is -2.08. The summed E-state index contributed by atoms with van der Waals surface area (Å²) in [6.45, 7) is 3.89. The largest absolute Gasteiger partial charge is 0.304 e. The second-order valence-corrected chi connectivity index (χ2v) is 5.79. The zero-order chi connectivity index (χ0) is 17.4. The molecular weight excluding hydrogens is 316 g/mol. The number of hydrogen-bond donors (Lipinski definition) is 2. The number of nitrogens with one attached hydrogen (secondary N) is 2. The summed E-state index contributed by atoms with van der Waals surface area (Å²) in [4.78, 5) is 16.7. The van der Waals surface area contributed by atoms with Crippen LogP contribution in [-0.2, 0) is 0 Å². The van der Waals surface area contributed by atoms with Crippen LogP contribution >= 0.6 is 0 Å². The molecule has 25 heavy (non-hydrogen) atoms. The van der Waals surface area contributed by atoms with Crippen LogP contribution < -0.4 is 5.32 Å². The summed E-state index contributed by atoms with van der Waals surface area (Å²) in [5, 5.41) is 15.0. The third-order valence-corrected chi connectivity index (χ3v) is 4.19. The number of hydrogen-bond acceptors (Lipinski definition) is 4. The van der Waals surface area contributed by atoms with Crippen molar-refractivity contribution in [3.63, 3.8) is 0 Å². The predicted molar refractivity (Wildman–Crippen MR) is 94.9 cm³/mol. The number of aryl methyl sites for hydroxylation is 1. The second-order valence-electron chi connectivity index (χ2n) is 5.79. The minimum Gasteiger partial charge on any atom is -0.304 e. The van der Waals surface area contributed by atoms with Crippen LogP contribution in [0.25, 0.3) is 16.6 Å². The summed E-state index contributed by atoms with van der Waals surface area (Å²) in [5.74, 6) is 0.230. The van der Waals surface area contributed by atoms with Crippen molar-refractivity contribution in [2.45, 2.75) is 13.8 Å². The first-order valence-corrected chi connectivity index (χ1v) is 7.85. The van der Waals surface area contributed by atoms with Crippen LogP contribution in [0.5, 0.6) is 0 Å². The zero-order valence-corrected chi connectivity index (χ0v) is 13.8. The van der Waals surface area contributed by atoms with Gasteiger partial charge < -0.3 is 5.32 Å². The zero-order valence-electron chi connectivity index (χ0n) is 13.8. The average molecular weight is 332 g/mol. The number of benzene rings is 1. The standard InChI is InChI=1S/C18H16N6O/c1-11-5-3-4-6-16(11)24-12(2)14(9-20-24)18(25)21-17-13-7-8-19-10-15(13)22-23-17/h3-10H,1-2H3,(H2,21,22,23,25). The number of anilines is 1. The normalized spacial score (nSPS) is 11.0. The Morgan fingerprint density at radius 2 is 2.00 bits per heavy atom. The lowest BCUT2D eigenvalue weighted by atomic mass is 10.2. The van der Waals surface area contributed by atoms with Gasteiger partial charge in [0.2, 0.25) is 0 Å². The molecule has 0 atom stereocenters. The van der Waals surface area contributed by atoms with Crippen LogP contribution in [0.2, 0.25) is 0 Å². The Balaban J connectivity index is 1.67. The second kappa shape index (κ2) is 5.86. The first kappa shape index (κ1) is 15.1. The van der Waals surface area contributed by atoms with Crippen LogP contribution in [0.4, 0.5) is 5.82 Å². The molecule has 4 rings (SSSR count). The summed E-state index contributed by atoms with van der Waals surface area (Å²) in [6, 6.07) is 9.72. The van der Waals surface area contributed by atoms with E-state index < -0.39 is 0 Å². The number of nitrogens with zero attached hydrogens (tertiary/aromatic N) is 4. The van der Waals surface area contributed by atoms with Gasteiger partial charge in [0.1, 0.15) is 0 Å². The maximum Gasteiger partial charge on any atom is 0.260 e. The van der Waals surface area contributed by atoms with Gasteiger partial charge in [-0.1, -0.05) is 18.2 Å². The fourth-order valence-corrected chi connectivity index (χ4v) is 2.81. The summed E-state index contributed by atoms with van der Waals surface area (Å²) >= 11 is 0. The highest BCUT2D eigenvalue weighted by atomic mass is 16.1. The number of amides is 1. The van der Waals surface area contributed by atoms with E-state index in [1.807, 2.05) is 38.1 Å². The smallest absolute Gasteiger partial charge is 0.260 e. The number of para-hydroxylation sites is 1. The van der Waals surface area contributed by atoms with E-state index in [9.17, 15) is 4.79 Å². The number of carbonyl (C=O) groups excluding carboxylic acids is 1. The highest BCUT2D eigenvalue weighted by Gasteiger charge is 2.18. The van der Waals surface area contributed by atoms with E-state index >= 15 is 0 Å². The fourth-order valence-electron chi connectivity index (χ4n) is 2.81. The van der Waals surface area contributed by atoms with E-state index in [0.717, 1.165) is 27.8 Å². The predicted octanol–water partition coefficient (Wildman–Crippen LogP) is 3.01. The van der Waals surface area contributed by atoms with E-state index in [2.05, 4.69) is 25.6 Å². The van der Waals surface area contributed by atoms with E-state index in [-0.39, 0.29) is 5.91 Å². The van der Waals surface area contributed by atoms with Crippen molar-refractivity contribution in [1.82, 2.24) is 25.0 Å². The van der Waals surface area contributed by atoms with Crippen molar-refractivity contribution in [2.24, 2.45) is 0 Å². The van der Waals surface area contributed by atoms with Crippen LogP contribution in [0.15, 0.2) is 48.9 Å². The third-order valence-electron chi connectivity index (χ3n) is 4.19. The van der Waals surface area contributed by atoms with Gasteiger partial charge in [0.15, 0.2) is 5.82 Å². The molecular formula is C18H16N6O. The Labute approximate surface area is 143 Å². The number of H-pyrrole nitrogens is 1. The van der Waals surface area contributed by atoms with Crippen LogP contribution in [-0.4, -0.2) is 30.9 Å². The first-order chi connectivity index (χ1) is 12.1. The van der Waals surface area contributed by atoms with Crippen molar-refractivity contribution in [3.05, 3.63) is 65.7 Å². The van der Waals surface area contributed by atoms with Crippen molar-refractivity contribution in [3.8, 4) is 5.69 Å². The molecule has 124 valence electrons. The molecule has 7 nitrogen and oxygen atoms in total. The first-order valence-electron chi connectivity index (χ1n) is 7.85. The molecule has 0 radical (unpaired) electrons. The lowest BCUT2D eigenvalue weighted by molar-refractivity contribution is 0.102. The molecule has 0 aliphatic carbocycles. The SMILES string of the molecule is Cc1ccccc1-n1ncc(C(=O)Nc2n[nH]c3cnccc23)c1C. The van der Waals surface area contributed by atoms with Gasteiger partial charge in [0.25, 0.3) is 5.91 Å². The Bertz CT molecular complexity index is 1080. The highest BCUT2D eigenvalue weighted by Crippen LogP contribution is 2.21. The van der Waals surface area contributed by atoms with Gasteiger partial charge in [-0.25, -0.2) is 4.68 Å². The van der Waals surface area contributed by atoms with Crippen molar-refractivity contribution >= 4 is 22.6 Å². The number of rotatable bonds is 3. The number of carbonyl (C=O) groups is 1. The molecule has 1 amide bonds. The monoisotopic (exact) mass is 332 g/mol. The Morgan fingerprint density at radius 1 is 1.16 bits per heavy atom. The van der Waals surface area contributed by atoms with E-state index in [1.165, 1.54) is 0 Å². The number of aromatic amines is 1. The van der Waals surface area contributed by atoms with E-state index in [1.54, 1.807) is 29.3 Å². The molecule has 0 bridgehead atoms. The molecule has 0 fully saturated rings. The van der Waals surface area contributed by atoms with E-state index in [0.29, 0.717) is 11.4 Å². The van der Waals surface area contributed by atoms with Gasteiger partial charge in [-0.3, -0.25) is 14.9 Å². The van der Waals surface area contributed by atoms with Gasteiger partial charge in [0, 0.05) is 11.6 Å². The molecule has 4 aromatic rings. The van der Waals surface area contributed by atoms with Gasteiger partial charge in [-0.2, -0.15) is 10.2 Å². The molecule has 1 aromatic carbocycles. The molecule has 3 aromatic heterocycles. The summed E-state index contributed by atoms with van der Waals surface area (Å²) in [7, 11) is 0. The quantitative estimate of drug-likeness (QED) is 0.603. The average Bonchev–Trinajstić information content (AvgIpc) is 3.20. The highest BCUT2D eigenvalue weighted by molar-refractivity contribution is 6.08. The molecule has 0 aliphatic rings. The number of aromatic nitrogens is 5. The minimum atomic E-state index is -0.248. The van der Waals surface area contributed by atoms with Crippen LogP contribution in [0, 0.1) is 13.8 Å². The molecule has 2 N–H and O–H groups in total. The lowest BCUT2D eigenvalue weighted by Crippen LogP contribution is -2.13. The molecule has 3 heterocycles. The molecule has 0 saturated heterocycles.